The van der Waals surface area contributed by atoms with E-state index in [2.05, 4.69) is 65.5 Å². The summed E-state index contributed by atoms with van der Waals surface area (Å²) in [5.74, 6) is 2.37. The molecule has 0 fully saturated rings. The van der Waals surface area contributed by atoms with Crippen LogP contribution in [-0.4, -0.2) is 0 Å². The topological polar surface area (TPSA) is 26.3 Å². The quantitative estimate of drug-likeness (QED) is 0.166. The summed E-state index contributed by atoms with van der Waals surface area (Å²) in [6.45, 7) is 0. The molecule has 2 nitrogen and oxygen atoms in total. The maximum atomic E-state index is 13.1. The van der Waals surface area contributed by atoms with E-state index >= 15 is 0 Å². The second-order valence-corrected chi connectivity index (χ2v) is 12.9. The Morgan fingerprint density at radius 3 is 2.04 bits per heavy atom. The van der Waals surface area contributed by atoms with Crippen LogP contribution in [0.3, 0.4) is 0 Å². The third-order valence-electron chi connectivity index (χ3n) is 4.85. The molecular weight excluding hydrogens is 567 g/mol. The van der Waals surface area contributed by atoms with Gasteiger partial charge in [0.15, 0.2) is 0 Å². The van der Waals surface area contributed by atoms with E-state index in [1.165, 1.54) is 0 Å². The van der Waals surface area contributed by atoms with Crippen molar-refractivity contribution in [1.29, 1.82) is 0 Å². The van der Waals surface area contributed by atoms with Gasteiger partial charge in [-0.05, 0) is 52.1 Å². The van der Waals surface area contributed by atoms with Crippen molar-refractivity contribution < 1.29 is 9.09 Å². The summed E-state index contributed by atoms with van der Waals surface area (Å²) in [6, 6.07) is 22.3. The van der Waals surface area contributed by atoms with E-state index in [0.717, 1.165) is 47.2 Å². The molecular formula is C22H12Br3O2P. The molecule has 1 unspecified atom stereocenters. The summed E-state index contributed by atoms with van der Waals surface area (Å²) < 4.78 is 21.1. The number of hydrogen-bond acceptors (Lipinski definition) is 2. The van der Waals surface area contributed by atoms with Gasteiger partial charge in [-0.15, -0.1) is 0 Å². The molecule has 1 atom stereocenters. The predicted molar refractivity (Wildman–Crippen MR) is 128 cm³/mol. The van der Waals surface area contributed by atoms with Crippen LogP contribution in [0.5, 0.6) is 5.75 Å². The number of rotatable bonds is 1. The molecule has 6 heteroatoms. The van der Waals surface area contributed by atoms with Crippen molar-refractivity contribution in [3.63, 3.8) is 0 Å². The van der Waals surface area contributed by atoms with Gasteiger partial charge in [-0.3, -0.25) is 4.57 Å². The van der Waals surface area contributed by atoms with Crippen LogP contribution in [0.1, 0.15) is 11.1 Å². The van der Waals surface area contributed by atoms with Gasteiger partial charge >= 0.3 is 6.07 Å². The SMILES string of the molecule is O=P1(Br)C=C(c2ccccc2)c2c(c3ccc(Br)cc3c3cc(Br)ccc23)O1. The molecule has 0 amide bonds. The first-order valence-electron chi connectivity index (χ1n) is 8.55. The summed E-state index contributed by atoms with van der Waals surface area (Å²) in [6.07, 6.45) is -3.11. The van der Waals surface area contributed by atoms with Gasteiger partial charge in [0.1, 0.15) is 5.75 Å². The van der Waals surface area contributed by atoms with Crippen LogP contribution in [0.25, 0.3) is 27.1 Å². The van der Waals surface area contributed by atoms with Crippen molar-refractivity contribution in [2.75, 3.05) is 0 Å². The van der Waals surface area contributed by atoms with Crippen LogP contribution in [0.2, 0.25) is 0 Å². The Morgan fingerprint density at radius 1 is 0.750 bits per heavy atom. The van der Waals surface area contributed by atoms with Crippen LogP contribution in [0, 0.1) is 0 Å². The minimum Gasteiger partial charge on any atom is -0.432 e. The molecule has 0 aliphatic carbocycles. The molecule has 1 aliphatic heterocycles. The minimum atomic E-state index is -3.11. The fourth-order valence-corrected chi connectivity index (χ4v) is 6.57. The summed E-state index contributed by atoms with van der Waals surface area (Å²) in [5.41, 5.74) is 2.89. The van der Waals surface area contributed by atoms with E-state index in [1.807, 2.05) is 48.5 Å². The van der Waals surface area contributed by atoms with Crippen molar-refractivity contribution in [2.24, 2.45) is 0 Å². The van der Waals surface area contributed by atoms with Gasteiger partial charge in [0.25, 0.3) is 0 Å². The normalized spacial score (nSPS) is 18.6. The maximum absolute atomic E-state index is 13.1. The summed E-state index contributed by atoms with van der Waals surface area (Å²) in [4.78, 5) is 0. The van der Waals surface area contributed by atoms with Gasteiger partial charge in [-0.2, -0.15) is 0 Å². The second kappa shape index (κ2) is 6.84. The standard InChI is InChI=1S/C22H12Br3O2P/c23-14-6-8-16-18(10-14)19-11-15(24)7-9-17(19)22-21(16)20(12-28(25,26)27-22)13-4-2-1-3-5-13/h1-12H. The van der Waals surface area contributed by atoms with Gasteiger partial charge < -0.3 is 4.52 Å². The first-order chi connectivity index (χ1) is 13.4. The number of hydrogen-bond donors (Lipinski definition) is 0. The number of fused-ring (bicyclic) bond motifs is 6. The van der Waals surface area contributed by atoms with Crippen LogP contribution in [0.15, 0.2) is 81.5 Å². The maximum Gasteiger partial charge on any atom is 0.334 e. The predicted octanol–water partition coefficient (Wildman–Crippen LogP) is 8.89. The van der Waals surface area contributed by atoms with Crippen LogP contribution >= 0.6 is 53.4 Å². The van der Waals surface area contributed by atoms with Gasteiger partial charge in [-0.1, -0.05) is 68.3 Å². The summed E-state index contributed by atoms with van der Waals surface area (Å²) in [5, 5.41) is 4.16. The van der Waals surface area contributed by atoms with Gasteiger partial charge in [0.2, 0.25) is 0 Å². The molecule has 28 heavy (non-hydrogen) atoms. The molecule has 0 saturated heterocycles. The Bertz CT molecular complexity index is 1350. The van der Waals surface area contributed by atoms with Crippen molar-refractivity contribution in [3.05, 3.63) is 92.6 Å². The van der Waals surface area contributed by atoms with E-state index in [0.29, 0.717) is 5.75 Å². The van der Waals surface area contributed by atoms with Crippen LogP contribution in [-0.2, 0) is 4.57 Å². The van der Waals surface area contributed by atoms with E-state index in [-0.39, 0.29) is 0 Å². The molecule has 4 aromatic carbocycles. The van der Waals surface area contributed by atoms with E-state index in [1.54, 1.807) is 5.82 Å². The lowest BCUT2D eigenvalue weighted by Crippen LogP contribution is -2.02. The molecule has 138 valence electrons. The Labute approximate surface area is 187 Å². The molecule has 5 rings (SSSR count). The molecule has 4 aromatic rings. The molecule has 0 bridgehead atoms. The molecule has 0 spiro atoms. The van der Waals surface area contributed by atoms with Crippen molar-refractivity contribution in [2.45, 2.75) is 0 Å². The fourth-order valence-electron chi connectivity index (χ4n) is 3.72. The van der Waals surface area contributed by atoms with Crippen LogP contribution in [0.4, 0.5) is 0 Å². The van der Waals surface area contributed by atoms with Crippen molar-refractivity contribution >= 4 is 80.5 Å². The van der Waals surface area contributed by atoms with Crippen molar-refractivity contribution in [3.8, 4) is 5.75 Å². The van der Waals surface area contributed by atoms with Gasteiger partial charge in [0.05, 0.1) is 0 Å². The Morgan fingerprint density at radius 2 is 1.36 bits per heavy atom. The number of benzene rings is 4. The zero-order valence-corrected chi connectivity index (χ0v) is 20.0. The van der Waals surface area contributed by atoms with Crippen LogP contribution < -0.4 is 4.52 Å². The first-order valence-corrected chi connectivity index (χ1v) is 13.8. The molecule has 0 aromatic heterocycles. The molecule has 1 heterocycles. The largest absolute Gasteiger partial charge is 0.432 e. The molecule has 0 N–H and O–H groups in total. The van der Waals surface area contributed by atoms with E-state index in [9.17, 15) is 4.57 Å². The van der Waals surface area contributed by atoms with E-state index in [4.69, 9.17) is 4.52 Å². The zero-order chi connectivity index (χ0) is 19.5. The third-order valence-corrected chi connectivity index (χ3v) is 7.88. The molecule has 1 aliphatic rings. The highest BCUT2D eigenvalue weighted by Crippen LogP contribution is 2.64. The van der Waals surface area contributed by atoms with Crippen molar-refractivity contribution in [1.82, 2.24) is 0 Å². The molecule has 0 saturated carbocycles. The number of halogens is 3. The van der Waals surface area contributed by atoms with Gasteiger partial charge in [0, 0.05) is 46.8 Å². The lowest BCUT2D eigenvalue weighted by molar-refractivity contribution is 0.510. The second-order valence-electron chi connectivity index (χ2n) is 6.60. The minimum absolute atomic E-state index is 0.652. The average Bonchev–Trinajstić information content (AvgIpc) is 2.67. The zero-order valence-electron chi connectivity index (χ0n) is 14.3. The first kappa shape index (κ1) is 18.6. The highest BCUT2D eigenvalue weighted by molar-refractivity contribution is 9.40. The highest BCUT2D eigenvalue weighted by atomic mass is 79.9. The molecule has 0 radical (unpaired) electrons. The monoisotopic (exact) mass is 576 g/mol. The summed E-state index contributed by atoms with van der Waals surface area (Å²) >= 11 is 10.5. The Hall–Kier alpha value is -1.39. The lowest BCUT2D eigenvalue weighted by atomic mass is 9.89. The van der Waals surface area contributed by atoms with Gasteiger partial charge in [-0.25, -0.2) is 0 Å². The lowest BCUT2D eigenvalue weighted by Gasteiger charge is -2.26. The smallest absolute Gasteiger partial charge is 0.334 e. The average molecular weight is 579 g/mol. The fraction of sp³-hybridized carbons (Fsp3) is 0. The Balaban J connectivity index is 2.00. The highest BCUT2D eigenvalue weighted by Gasteiger charge is 2.31. The Kier molecular flexibility index (Phi) is 4.55. The van der Waals surface area contributed by atoms with E-state index < -0.39 is 6.07 Å². The third kappa shape index (κ3) is 3.09. The summed E-state index contributed by atoms with van der Waals surface area (Å²) in [7, 11) is 0.